The molecule has 0 radical (unpaired) electrons. The van der Waals surface area contributed by atoms with E-state index in [4.69, 9.17) is 4.74 Å². The molecule has 148 valence electrons. The zero-order valence-corrected chi connectivity index (χ0v) is 14.5. The lowest BCUT2D eigenvalue weighted by Gasteiger charge is -2.07. The van der Waals surface area contributed by atoms with Gasteiger partial charge in [-0.15, -0.1) is 5.10 Å². The molecule has 3 aromatic heterocycles. The van der Waals surface area contributed by atoms with E-state index in [1.165, 1.54) is 16.9 Å². The monoisotopic (exact) mass is 403 g/mol. The van der Waals surface area contributed by atoms with Gasteiger partial charge < -0.3 is 9.47 Å². The van der Waals surface area contributed by atoms with E-state index < -0.39 is 18.2 Å². The molecule has 9 nitrogen and oxygen atoms in total. The van der Waals surface area contributed by atoms with E-state index in [0.717, 1.165) is 12.1 Å². The third-order valence-electron chi connectivity index (χ3n) is 3.70. The summed E-state index contributed by atoms with van der Waals surface area (Å²) in [7, 11) is 0. The fourth-order valence-electron chi connectivity index (χ4n) is 2.41. The molecule has 0 spiro atoms. The third-order valence-corrected chi connectivity index (χ3v) is 3.70. The number of alkyl halides is 2. The molecule has 0 aliphatic heterocycles. The van der Waals surface area contributed by atoms with Crippen LogP contribution in [-0.2, 0) is 6.61 Å². The van der Waals surface area contributed by atoms with Gasteiger partial charge in [0, 0.05) is 18.5 Å². The van der Waals surface area contributed by atoms with Crippen LogP contribution in [0.1, 0.15) is 5.69 Å². The van der Waals surface area contributed by atoms with Crippen LogP contribution < -0.4 is 9.47 Å². The van der Waals surface area contributed by atoms with Crippen LogP contribution in [0.5, 0.6) is 11.8 Å². The normalized spacial score (nSPS) is 11.0. The summed E-state index contributed by atoms with van der Waals surface area (Å²) >= 11 is 0. The summed E-state index contributed by atoms with van der Waals surface area (Å²) in [5.41, 5.74) is 2.02. The molecule has 12 heteroatoms. The standard InChI is InChI=1S/C17H12F3N7O2/c18-12-2-1-11(7-15(12)29-16(19)20)27-8-10(24-26-27)9-28-17-21-5-3-13(23-17)14-4-6-22-25-14/h1-8,16H,9H2,(H,22,25). The Balaban J connectivity index is 1.46. The maximum Gasteiger partial charge on any atom is 0.387 e. The Labute approximate surface area is 161 Å². The second-order valence-corrected chi connectivity index (χ2v) is 5.63. The van der Waals surface area contributed by atoms with Crippen LogP contribution in [0.15, 0.2) is 48.9 Å². The predicted molar refractivity (Wildman–Crippen MR) is 91.9 cm³/mol. The zero-order chi connectivity index (χ0) is 20.2. The Morgan fingerprint density at radius 2 is 2.03 bits per heavy atom. The summed E-state index contributed by atoms with van der Waals surface area (Å²) < 4.78 is 49.2. The summed E-state index contributed by atoms with van der Waals surface area (Å²) in [6.07, 6.45) is 4.64. The van der Waals surface area contributed by atoms with Crippen LogP contribution in [0.3, 0.4) is 0 Å². The third kappa shape index (κ3) is 4.31. The van der Waals surface area contributed by atoms with E-state index in [9.17, 15) is 13.2 Å². The number of nitrogens with one attached hydrogen (secondary N) is 1. The number of rotatable bonds is 7. The minimum atomic E-state index is -3.14. The van der Waals surface area contributed by atoms with Gasteiger partial charge in [0.2, 0.25) is 0 Å². The van der Waals surface area contributed by atoms with Gasteiger partial charge in [-0.2, -0.15) is 18.9 Å². The smallest absolute Gasteiger partial charge is 0.387 e. The Kier molecular flexibility index (Phi) is 5.05. The van der Waals surface area contributed by atoms with Crippen LogP contribution >= 0.6 is 0 Å². The molecule has 0 saturated carbocycles. The van der Waals surface area contributed by atoms with Gasteiger partial charge in [-0.05, 0) is 24.3 Å². The van der Waals surface area contributed by atoms with E-state index in [0.29, 0.717) is 22.8 Å². The molecule has 3 heterocycles. The molecular weight excluding hydrogens is 391 g/mol. The highest BCUT2D eigenvalue weighted by atomic mass is 19.3. The first-order valence-corrected chi connectivity index (χ1v) is 8.20. The number of H-pyrrole nitrogens is 1. The summed E-state index contributed by atoms with van der Waals surface area (Å²) in [6.45, 7) is -3.13. The molecule has 4 aromatic rings. The molecule has 1 aromatic carbocycles. The van der Waals surface area contributed by atoms with Crippen molar-refractivity contribution in [3.8, 4) is 28.8 Å². The Hall–Kier alpha value is -3.96. The van der Waals surface area contributed by atoms with Crippen molar-refractivity contribution in [2.24, 2.45) is 0 Å². The molecule has 29 heavy (non-hydrogen) atoms. The Morgan fingerprint density at radius 3 is 2.83 bits per heavy atom. The first-order valence-electron chi connectivity index (χ1n) is 8.20. The molecule has 0 aliphatic carbocycles. The number of ether oxygens (including phenoxy) is 2. The molecule has 0 fully saturated rings. The minimum absolute atomic E-state index is 0.00795. The highest BCUT2D eigenvalue weighted by Crippen LogP contribution is 2.23. The fraction of sp³-hybridized carbons (Fsp3) is 0.118. The van der Waals surface area contributed by atoms with Gasteiger partial charge in [0.25, 0.3) is 0 Å². The molecule has 0 atom stereocenters. The molecule has 1 N–H and O–H groups in total. The lowest BCUT2D eigenvalue weighted by Crippen LogP contribution is -2.05. The highest BCUT2D eigenvalue weighted by Gasteiger charge is 2.13. The molecule has 4 rings (SSSR count). The number of halogens is 3. The average molecular weight is 403 g/mol. The zero-order valence-electron chi connectivity index (χ0n) is 14.5. The van der Waals surface area contributed by atoms with Crippen molar-refractivity contribution < 1.29 is 22.6 Å². The second-order valence-electron chi connectivity index (χ2n) is 5.63. The van der Waals surface area contributed by atoms with Gasteiger partial charge in [0.15, 0.2) is 11.6 Å². The van der Waals surface area contributed by atoms with Gasteiger partial charge >= 0.3 is 12.6 Å². The summed E-state index contributed by atoms with van der Waals surface area (Å²) in [5.74, 6) is -1.50. The summed E-state index contributed by atoms with van der Waals surface area (Å²) in [4.78, 5) is 8.28. The SMILES string of the molecule is Fc1ccc(-n2cc(COc3nccc(-c4ccn[nH]4)n3)nn2)cc1OC(F)F. The highest BCUT2D eigenvalue weighted by molar-refractivity contribution is 5.52. The lowest BCUT2D eigenvalue weighted by atomic mass is 10.3. The summed E-state index contributed by atoms with van der Waals surface area (Å²) in [6, 6.07) is 7.03. The Morgan fingerprint density at radius 1 is 1.14 bits per heavy atom. The van der Waals surface area contributed by atoms with Crippen LogP contribution in [-0.4, -0.2) is 41.8 Å². The molecule has 0 amide bonds. The minimum Gasteiger partial charge on any atom is -0.457 e. The van der Waals surface area contributed by atoms with E-state index in [1.54, 1.807) is 24.5 Å². The molecular formula is C17H12F3N7O2. The first-order chi connectivity index (χ1) is 14.1. The van der Waals surface area contributed by atoms with Crippen molar-refractivity contribution in [2.75, 3.05) is 0 Å². The van der Waals surface area contributed by atoms with E-state index in [1.807, 2.05) is 0 Å². The van der Waals surface area contributed by atoms with Crippen molar-refractivity contribution in [3.63, 3.8) is 0 Å². The predicted octanol–water partition coefficient (Wildman–Crippen LogP) is 2.77. The van der Waals surface area contributed by atoms with Crippen LogP contribution in [0.2, 0.25) is 0 Å². The summed E-state index contributed by atoms with van der Waals surface area (Å²) in [5, 5.41) is 14.5. The van der Waals surface area contributed by atoms with Gasteiger partial charge in [0.05, 0.1) is 23.3 Å². The van der Waals surface area contributed by atoms with E-state index >= 15 is 0 Å². The van der Waals surface area contributed by atoms with Crippen LogP contribution in [0.25, 0.3) is 17.1 Å². The largest absolute Gasteiger partial charge is 0.457 e. The maximum absolute atomic E-state index is 13.6. The fourth-order valence-corrected chi connectivity index (χ4v) is 2.41. The lowest BCUT2D eigenvalue weighted by molar-refractivity contribution is -0.0521. The number of hydrogen-bond acceptors (Lipinski definition) is 7. The second kappa shape index (κ2) is 7.96. The molecule has 0 aliphatic rings. The molecule has 0 bridgehead atoms. The molecule has 0 unspecified atom stereocenters. The van der Waals surface area contributed by atoms with Crippen LogP contribution in [0.4, 0.5) is 13.2 Å². The number of aromatic amines is 1. The van der Waals surface area contributed by atoms with Crippen molar-refractivity contribution in [2.45, 2.75) is 13.2 Å². The van der Waals surface area contributed by atoms with Crippen molar-refractivity contribution in [3.05, 3.63) is 60.4 Å². The van der Waals surface area contributed by atoms with Crippen molar-refractivity contribution >= 4 is 0 Å². The number of nitrogens with zero attached hydrogens (tertiary/aromatic N) is 6. The topological polar surface area (TPSA) is 104 Å². The number of aromatic nitrogens is 7. The van der Waals surface area contributed by atoms with Gasteiger partial charge in [-0.25, -0.2) is 14.1 Å². The van der Waals surface area contributed by atoms with Gasteiger partial charge in [-0.1, -0.05) is 5.21 Å². The maximum atomic E-state index is 13.6. The van der Waals surface area contributed by atoms with Gasteiger partial charge in [-0.3, -0.25) is 5.10 Å². The first kappa shape index (κ1) is 18.4. The van der Waals surface area contributed by atoms with Crippen LogP contribution in [0, 0.1) is 5.82 Å². The van der Waals surface area contributed by atoms with Crippen molar-refractivity contribution in [1.82, 2.24) is 35.2 Å². The van der Waals surface area contributed by atoms with E-state index in [-0.39, 0.29) is 12.6 Å². The molecule has 0 saturated heterocycles. The van der Waals surface area contributed by atoms with Gasteiger partial charge in [0.1, 0.15) is 12.3 Å². The Bertz CT molecular complexity index is 1100. The number of hydrogen-bond donors (Lipinski definition) is 1. The number of benzene rings is 1. The quantitative estimate of drug-likeness (QED) is 0.506. The van der Waals surface area contributed by atoms with E-state index in [2.05, 4.69) is 35.2 Å². The van der Waals surface area contributed by atoms with Crippen molar-refractivity contribution in [1.29, 1.82) is 0 Å². The average Bonchev–Trinajstić information content (AvgIpc) is 3.40.